The molecule has 0 bridgehead atoms. The van der Waals surface area contributed by atoms with E-state index in [2.05, 4.69) is 31.9 Å². The Kier molecular flexibility index (Phi) is 5.12. The van der Waals surface area contributed by atoms with Crippen LogP contribution >= 0.6 is 11.3 Å². The van der Waals surface area contributed by atoms with Crippen molar-refractivity contribution in [3.05, 3.63) is 34.8 Å². The highest BCUT2D eigenvalue weighted by atomic mass is 32.1. The third-order valence-corrected chi connectivity index (χ3v) is 6.31. The number of hydrogen-bond donors (Lipinski definition) is 0. The minimum Gasteiger partial charge on any atom is -0.339 e. The van der Waals surface area contributed by atoms with Crippen LogP contribution in [0.15, 0.2) is 24.4 Å². The van der Waals surface area contributed by atoms with Gasteiger partial charge in [-0.25, -0.2) is 9.67 Å². The molecule has 0 aliphatic carbocycles. The standard InChI is InChI=1S/C21H25N5O2S/c1-13(2)26-20-17(12-22-26)16(11-18(23-20)19-6-5-14(3)29-19)21(28)25-9-7-24(8-10-25)15(4)27/h5-6,11-13H,7-10H2,1-4H3. The van der Waals surface area contributed by atoms with Crippen LogP contribution in [-0.4, -0.2) is 62.6 Å². The molecule has 1 fully saturated rings. The molecule has 8 heteroatoms. The van der Waals surface area contributed by atoms with Crippen molar-refractivity contribution in [2.75, 3.05) is 26.2 Å². The van der Waals surface area contributed by atoms with Crippen LogP contribution in [0.5, 0.6) is 0 Å². The number of nitrogens with zero attached hydrogens (tertiary/aromatic N) is 5. The molecule has 0 spiro atoms. The van der Waals surface area contributed by atoms with Crippen LogP contribution in [0.1, 0.15) is 42.0 Å². The zero-order valence-corrected chi connectivity index (χ0v) is 18.0. The van der Waals surface area contributed by atoms with Crippen LogP contribution in [0.4, 0.5) is 0 Å². The van der Waals surface area contributed by atoms with Crippen LogP contribution < -0.4 is 0 Å². The first-order chi connectivity index (χ1) is 13.8. The summed E-state index contributed by atoms with van der Waals surface area (Å²) < 4.78 is 1.86. The Bertz CT molecular complexity index is 1080. The molecular formula is C21H25N5O2S. The monoisotopic (exact) mass is 411 g/mol. The van der Waals surface area contributed by atoms with Crippen molar-refractivity contribution in [1.82, 2.24) is 24.6 Å². The van der Waals surface area contributed by atoms with Crippen LogP contribution in [0.3, 0.4) is 0 Å². The lowest BCUT2D eigenvalue weighted by molar-refractivity contribution is -0.130. The second-order valence-electron chi connectivity index (χ2n) is 7.68. The third-order valence-electron chi connectivity index (χ3n) is 5.29. The Morgan fingerprint density at radius 2 is 1.79 bits per heavy atom. The molecule has 1 saturated heterocycles. The Labute approximate surface area is 173 Å². The molecule has 3 aromatic heterocycles. The average molecular weight is 412 g/mol. The number of rotatable bonds is 3. The third kappa shape index (κ3) is 3.64. The Hall–Kier alpha value is -2.74. The van der Waals surface area contributed by atoms with E-state index in [4.69, 9.17) is 4.98 Å². The molecule has 0 aromatic carbocycles. The molecule has 0 saturated carbocycles. The van der Waals surface area contributed by atoms with E-state index < -0.39 is 0 Å². The van der Waals surface area contributed by atoms with E-state index in [0.717, 1.165) is 21.6 Å². The summed E-state index contributed by atoms with van der Waals surface area (Å²) in [4.78, 5) is 35.7. The van der Waals surface area contributed by atoms with Crippen LogP contribution in [0.2, 0.25) is 0 Å². The van der Waals surface area contributed by atoms with E-state index in [9.17, 15) is 9.59 Å². The molecule has 0 N–H and O–H groups in total. The minimum absolute atomic E-state index is 0.0292. The summed E-state index contributed by atoms with van der Waals surface area (Å²) in [5.41, 5.74) is 2.15. The first-order valence-electron chi connectivity index (χ1n) is 9.85. The van der Waals surface area contributed by atoms with Crippen LogP contribution in [0, 0.1) is 6.92 Å². The van der Waals surface area contributed by atoms with Crippen molar-refractivity contribution in [2.45, 2.75) is 33.7 Å². The summed E-state index contributed by atoms with van der Waals surface area (Å²) in [5, 5.41) is 5.27. The fraction of sp³-hybridized carbons (Fsp3) is 0.429. The molecule has 29 heavy (non-hydrogen) atoms. The maximum absolute atomic E-state index is 13.4. The van der Waals surface area contributed by atoms with Gasteiger partial charge in [-0.15, -0.1) is 11.3 Å². The number of fused-ring (bicyclic) bond motifs is 1. The summed E-state index contributed by atoms with van der Waals surface area (Å²) in [7, 11) is 0. The van der Waals surface area contributed by atoms with Gasteiger partial charge in [0.1, 0.15) is 0 Å². The van der Waals surface area contributed by atoms with E-state index in [1.165, 1.54) is 4.88 Å². The number of thiophene rings is 1. The van der Waals surface area contributed by atoms with Gasteiger partial charge in [0.05, 0.1) is 27.7 Å². The first kappa shape index (κ1) is 19.6. The van der Waals surface area contributed by atoms with Gasteiger partial charge in [-0.05, 0) is 39.0 Å². The second kappa shape index (κ2) is 7.59. The number of pyridine rings is 1. The Morgan fingerprint density at radius 1 is 1.10 bits per heavy atom. The van der Waals surface area contributed by atoms with E-state index in [1.54, 1.807) is 29.4 Å². The topological polar surface area (TPSA) is 71.3 Å². The number of hydrogen-bond acceptors (Lipinski definition) is 5. The molecule has 1 aliphatic heterocycles. The number of amides is 2. The van der Waals surface area contributed by atoms with Crippen molar-refractivity contribution >= 4 is 34.2 Å². The number of aromatic nitrogens is 3. The van der Waals surface area contributed by atoms with E-state index in [0.29, 0.717) is 31.7 Å². The maximum atomic E-state index is 13.4. The minimum atomic E-state index is -0.0292. The fourth-order valence-corrected chi connectivity index (χ4v) is 4.49. The molecule has 0 radical (unpaired) electrons. The molecule has 0 atom stereocenters. The van der Waals surface area contributed by atoms with E-state index >= 15 is 0 Å². The summed E-state index contributed by atoms with van der Waals surface area (Å²) in [6.45, 7) is 9.94. The SMILES string of the molecule is CC(=O)N1CCN(C(=O)c2cc(-c3ccc(C)s3)nc3c2cnn3C(C)C)CC1. The molecule has 4 heterocycles. The van der Waals surface area contributed by atoms with Gasteiger partial charge >= 0.3 is 0 Å². The lowest BCUT2D eigenvalue weighted by atomic mass is 10.1. The zero-order valence-electron chi connectivity index (χ0n) is 17.2. The normalized spacial score (nSPS) is 14.8. The van der Waals surface area contributed by atoms with Gasteiger partial charge in [0, 0.05) is 44.0 Å². The zero-order chi connectivity index (χ0) is 20.7. The fourth-order valence-electron chi connectivity index (χ4n) is 3.67. The van der Waals surface area contributed by atoms with Crippen molar-refractivity contribution < 1.29 is 9.59 Å². The van der Waals surface area contributed by atoms with Crippen molar-refractivity contribution in [3.8, 4) is 10.6 Å². The van der Waals surface area contributed by atoms with Gasteiger partial charge in [0.15, 0.2) is 5.65 Å². The van der Waals surface area contributed by atoms with Gasteiger partial charge in [-0.2, -0.15) is 5.10 Å². The molecule has 1 aliphatic rings. The highest BCUT2D eigenvalue weighted by Gasteiger charge is 2.26. The Balaban J connectivity index is 1.76. The smallest absolute Gasteiger partial charge is 0.254 e. The largest absolute Gasteiger partial charge is 0.339 e. The van der Waals surface area contributed by atoms with E-state index in [1.807, 2.05) is 21.7 Å². The molecule has 2 amide bonds. The van der Waals surface area contributed by atoms with Crippen molar-refractivity contribution in [1.29, 1.82) is 0 Å². The molecular weight excluding hydrogens is 386 g/mol. The predicted molar refractivity (Wildman–Crippen MR) is 114 cm³/mol. The summed E-state index contributed by atoms with van der Waals surface area (Å²) in [5.74, 6) is 0.0235. The van der Waals surface area contributed by atoms with E-state index in [-0.39, 0.29) is 17.9 Å². The number of carbonyl (C=O) groups excluding carboxylic acids is 2. The molecule has 7 nitrogen and oxygen atoms in total. The van der Waals surface area contributed by atoms with Crippen LogP contribution in [0.25, 0.3) is 21.6 Å². The maximum Gasteiger partial charge on any atom is 0.254 e. The predicted octanol–water partition coefficient (Wildman–Crippen LogP) is 3.35. The molecule has 152 valence electrons. The summed E-state index contributed by atoms with van der Waals surface area (Å²) in [6, 6.07) is 6.14. The number of piperazine rings is 1. The van der Waals surface area contributed by atoms with Gasteiger partial charge in [-0.3, -0.25) is 9.59 Å². The lowest BCUT2D eigenvalue weighted by Gasteiger charge is -2.34. The Morgan fingerprint density at radius 3 is 2.38 bits per heavy atom. The molecule has 4 rings (SSSR count). The summed E-state index contributed by atoms with van der Waals surface area (Å²) in [6.07, 6.45) is 1.74. The van der Waals surface area contributed by atoms with Gasteiger partial charge < -0.3 is 9.80 Å². The molecule has 3 aromatic rings. The highest BCUT2D eigenvalue weighted by Crippen LogP contribution is 2.31. The van der Waals surface area contributed by atoms with Gasteiger partial charge in [-0.1, -0.05) is 0 Å². The number of carbonyl (C=O) groups is 2. The summed E-state index contributed by atoms with van der Waals surface area (Å²) >= 11 is 1.66. The molecule has 0 unspecified atom stereocenters. The van der Waals surface area contributed by atoms with Crippen molar-refractivity contribution in [3.63, 3.8) is 0 Å². The second-order valence-corrected chi connectivity index (χ2v) is 8.97. The lowest BCUT2D eigenvalue weighted by Crippen LogP contribution is -2.50. The van der Waals surface area contributed by atoms with Crippen molar-refractivity contribution in [2.24, 2.45) is 0 Å². The first-order valence-corrected chi connectivity index (χ1v) is 10.7. The average Bonchev–Trinajstić information content (AvgIpc) is 3.33. The quantitative estimate of drug-likeness (QED) is 0.663. The number of aryl methyl sites for hydroxylation is 1. The van der Waals surface area contributed by atoms with Gasteiger partial charge in [0.2, 0.25) is 5.91 Å². The highest BCUT2D eigenvalue weighted by molar-refractivity contribution is 7.15. The van der Waals surface area contributed by atoms with Gasteiger partial charge in [0.25, 0.3) is 5.91 Å². The van der Waals surface area contributed by atoms with Crippen LogP contribution in [-0.2, 0) is 4.79 Å².